The molecule has 0 bridgehead atoms. The first-order valence-electron chi connectivity index (χ1n) is 9.42. The Morgan fingerprint density at radius 1 is 1.25 bits per heavy atom. The summed E-state index contributed by atoms with van der Waals surface area (Å²) in [5.74, 6) is 0.459. The molecule has 0 aliphatic carbocycles. The molecule has 3 heterocycles. The van der Waals surface area contributed by atoms with Gasteiger partial charge in [0.15, 0.2) is 0 Å². The highest BCUT2D eigenvalue weighted by molar-refractivity contribution is 7.91. The first-order chi connectivity index (χ1) is 13.4. The van der Waals surface area contributed by atoms with E-state index in [0.29, 0.717) is 6.54 Å². The van der Waals surface area contributed by atoms with Crippen molar-refractivity contribution in [2.75, 3.05) is 33.2 Å². The van der Waals surface area contributed by atoms with Gasteiger partial charge in [-0.2, -0.15) is 4.31 Å². The molecule has 1 saturated heterocycles. The maximum absolute atomic E-state index is 12.5. The summed E-state index contributed by atoms with van der Waals surface area (Å²) in [7, 11) is -2.17. The van der Waals surface area contributed by atoms with Crippen molar-refractivity contribution in [3.05, 3.63) is 39.9 Å². The molecule has 1 atom stereocenters. The van der Waals surface area contributed by atoms with Gasteiger partial charge >= 0.3 is 0 Å². The largest absolute Gasteiger partial charge is 0.353 e. The molecule has 0 aromatic carbocycles. The summed E-state index contributed by atoms with van der Waals surface area (Å²) in [6, 6.07) is 7.51. The topological polar surface area (TPSA) is 69.7 Å². The lowest BCUT2D eigenvalue weighted by molar-refractivity contribution is -0.121. The predicted octanol–water partition coefficient (Wildman–Crippen LogP) is 3.02. The number of sulfonamides is 1. The minimum absolute atomic E-state index is 0.135. The van der Waals surface area contributed by atoms with Gasteiger partial charge in [-0.15, -0.1) is 22.7 Å². The van der Waals surface area contributed by atoms with E-state index in [2.05, 4.69) is 28.6 Å². The number of thiophene rings is 2. The number of nitrogens with one attached hydrogen (secondary N) is 1. The lowest BCUT2D eigenvalue weighted by Crippen LogP contribution is -2.44. The molecule has 2 aromatic rings. The summed E-state index contributed by atoms with van der Waals surface area (Å²) >= 11 is 2.85. The van der Waals surface area contributed by atoms with Gasteiger partial charge in [0.05, 0.1) is 12.6 Å². The first kappa shape index (κ1) is 21.4. The van der Waals surface area contributed by atoms with Crippen LogP contribution in [-0.4, -0.2) is 56.8 Å². The van der Waals surface area contributed by atoms with Gasteiger partial charge in [0.1, 0.15) is 4.21 Å². The van der Waals surface area contributed by atoms with Crippen molar-refractivity contribution in [3.8, 4) is 0 Å². The highest BCUT2D eigenvalue weighted by Crippen LogP contribution is 2.29. The quantitative estimate of drug-likeness (QED) is 0.684. The Labute approximate surface area is 175 Å². The van der Waals surface area contributed by atoms with Crippen molar-refractivity contribution >= 4 is 38.6 Å². The first-order valence-corrected chi connectivity index (χ1v) is 12.6. The second-order valence-electron chi connectivity index (χ2n) is 7.25. The number of rotatable bonds is 8. The van der Waals surface area contributed by atoms with Crippen LogP contribution in [0, 0.1) is 5.92 Å². The molecule has 3 rings (SSSR count). The molecule has 28 heavy (non-hydrogen) atoms. The molecule has 154 valence electrons. The van der Waals surface area contributed by atoms with Gasteiger partial charge in [-0.25, -0.2) is 8.42 Å². The van der Waals surface area contributed by atoms with Crippen molar-refractivity contribution in [3.63, 3.8) is 0 Å². The Morgan fingerprint density at radius 2 is 1.93 bits per heavy atom. The van der Waals surface area contributed by atoms with Crippen molar-refractivity contribution in [1.82, 2.24) is 14.5 Å². The minimum atomic E-state index is -3.62. The zero-order valence-corrected chi connectivity index (χ0v) is 18.7. The molecule has 1 fully saturated rings. The number of amides is 1. The second kappa shape index (κ2) is 9.49. The number of hydrogen-bond acceptors (Lipinski definition) is 6. The van der Waals surface area contributed by atoms with E-state index in [9.17, 15) is 13.2 Å². The monoisotopic (exact) mass is 441 g/mol. The van der Waals surface area contributed by atoms with Crippen LogP contribution in [0.5, 0.6) is 0 Å². The fourth-order valence-corrected chi connectivity index (χ4v) is 6.54. The van der Waals surface area contributed by atoms with E-state index >= 15 is 0 Å². The third-order valence-corrected chi connectivity index (χ3v) is 9.30. The van der Waals surface area contributed by atoms with Crippen molar-refractivity contribution in [1.29, 1.82) is 0 Å². The van der Waals surface area contributed by atoms with Crippen LogP contribution in [0.1, 0.15) is 30.7 Å². The summed E-state index contributed by atoms with van der Waals surface area (Å²) in [6.45, 7) is 4.62. The van der Waals surface area contributed by atoms with Gasteiger partial charge < -0.3 is 5.32 Å². The van der Waals surface area contributed by atoms with E-state index in [0.717, 1.165) is 47.5 Å². The average Bonchev–Trinajstić information content (AvgIpc) is 3.37. The smallest absolute Gasteiger partial charge is 0.252 e. The molecule has 1 aliphatic rings. The summed E-state index contributed by atoms with van der Waals surface area (Å²) < 4.78 is 26.3. The van der Waals surface area contributed by atoms with Gasteiger partial charge in [0.2, 0.25) is 5.91 Å². The molecule has 0 spiro atoms. The van der Waals surface area contributed by atoms with Crippen LogP contribution in [-0.2, 0) is 14.8 Å². The van der Waals surface area contributed by atoms with E-state index in [1.54, 1.807) is 28.8 Å². The number of piperidine rings is 1. The summed E-state index contributed by atoms with van der Waals surface area (Å²) in [5, 5.41) is 6.72. The van der Waals surface area contributed by atoms with Crippen LogP contribution < -0.4 is 5.32 Å². The van der Waals surface area contributed by atoms with Crippen molar-refractivity contribution in [2.45, 2.75) is 30.0 Å². The number of carbonyl (C=O) groups is 1. The minimum Gasteiger partial charge on any atom is -0.353 e. The summed E-state index contributed by atoms with van der Waals surface area (Å²) in [4.78, 5) is 16.1. The van der Waals surface area contributed by atoms with Gasteiger partial charge in [-0.3, -0.25) is 9.69 Å². The molecule has 0 radical (unpaired) electrons. The standard InChI is InChI=1S/C19H27N3O3S3/c1-15-7-9-22(10-8-15)16(17-5-3-11-26-17)13-20-18(23)14-21(2)28(24,25)19-6-4-12-27-19/h3-6,11-12,15-16H,7-10,13-14H2,1-2H3,(H,20,23)/t16-/m0/s1. The van der Waals surface area contributed by atoms with Gasteiger partial charge in [0, 0.05) is 18.5 Å². The maximum Gasteiger partial charge on any atom is 0.252 e. The zero-order chi connectivity index (χ0) is 20.1. The number of carbonyl (C=O) groups excluding carboxylic acids is 1. The summed E-state index contributed by atoms with van der Waals surface area (Å²) in [6.07, 6.45) is 2.33. The third-order valence-electron chi connectivity index (χ3n) is 5.15. The van der Waals surface area contributed by atoms with E-state index in [-0.39, 0.29) is 22.7 Å². The van der Waals surface area contributed by atoms with Crippen LogP contribution in [0.4, 0.5) is 0 Å². The molecule has 1 N–H and O–H groups in total. The number of nitrogens with zero attached hydrogens (tertiary/aromatic N) is 2. The molecule has 1 amide bonds. The van der Waals surface area contributed by atoms with Gasteiger partial charge in [-0.1, -0.05) is 19.1 Å². The Bertz CT molecular complexity index is 842. The normalized spacial score (nSPS) is 17.7. The number of likely N-dealkylation sites (tertiary alicyclic amines) is 1. The molecular formula is C19H27N3O3S3. The fraction of sp³-hybridized carbons (Fsp3) is 0.526. The van der Waals surface area contributed by atoms with Gasteiger partial charge in [-0.05, 0) is 54.7 Å². The van der Waals surface area contributed by atoms with Crippen LogP contribution in [0.3, 0.4) is 0 Å². The van der Waals surface area contributed by atoms with Gasteiger partial charge in [0.25, 0.3) is 10.0 Å². The Morgan fingerprint density at radius 3 is 2.54 bits per heavy atom. The Kier molecular flexibility index (Phi) is 7.27. The van der Waals surface area contributed by atoms with Crippen LogP contribution in [0.2, 0.25) is 0 Å². The zero-order valence-electron chi connectivity index (χ0n) is 16.2. The van der Waals surface area contributed by atoms with E-state index in [4.69, 9.17) is 0 Å². The lowest BCUT2D eigenvalue weighted by atomic mass is 9.97. The highest BCUT2D eigenvalue weighted by atomic mass is 32.2. The SMILES string of the molecule is CC1CCN([C@@H](CNC(=O)CN(C)S(=O)(=O)c2cccs2)c2cccs2)CC1. The number of likely N-dealkylation sites (N-methyl/N-ethyl adjacent to an activating group) is 1. The molecule has 0 saturated carbocycles. The molecule has 0 unspecified atom stereocenters. The van der Waals surface area contributed by atoms with E-state index in [1.807, 2.05) is 6.07 Å². The Balaban J connectivity index is 1.59. The van der Waals surface area contributed by atoms with E-state index in [1.165, 1.54) is 11.9 Å². The molecule has 9 heteroatoms. The molecule has 6 nitrogen and oxygen atoms in total. The molecular weight excluding hydrogens is 414 g/mol. The lowest BCUT2D eigenvalue weighted by Gasteiger charge is -2.36. The maximum atomic E-state index is 12.5. The third kappa shape index (κ3) is 5.21. The van der Waals surface area contributed by atoms with Crippen molar-refractivity contribution in [2.24, 2.45) is 5.92 Å². The van der Waals surface area contributed by atoms with Crippen LogP contribution in [0.15, 0.2) is 39.2 Å². The molecule has 2 aromatic heterocycles. The van der Waals surface area contributed by atoms with Crippen molar-refractivity contribution < 1.29 is 13.2 Å². The van der Waals surface area contributed by atoms with E-state index < -0.39 is 10.0 Å². The highest BCUT2D eigenvalue weighted by Gasteiger charge is 2.27. The predicted molar refractivity (Wildman–Crippen MR) is 114 cm³/mol. The Hall–Kier alpha value is -1.26. The van der Waals surface area contributed by atoms with Crippen LogP contribution >= 0.6 is 22.7 Å². The second-order valence-corrected chi connectivity index (χ2v) is 11.4. The fourth-order valence-electron chi connectivity index (χ4n) is 3.35. The molecule has 1 aliphatic heterocycles. The average molecular weight is 442 g/mol. The number of hydrogen-bond donors (Lipinski definition) is 1. The summed E-state index contributed by atoms with van der Waals surface area (Å²) in [5.41, 5.74) is 0. The van der Waals surface area contributed by atoms with Crippen LogP contribution in [0.25, 0.3) is 0 Å².